The van der Waals surface area contributed by atoms with Crippen LogP contribution in [0.4, 0.5) is 0 Å². The maximum Gasteiger partial charge on any atom is 0.351 e. The first-order chi connectivity index (χ1) is 6.61. The summed E-state index contributed by atoms with van der Waals surface area (Å²) >= 11 is 5.52. The second kappa shape index (κ2) is 2.98. The van der Waals surface area contributed by atoms with Crippen molar-refractivity contribution in [2.75, 3.05) is 6.61 Å². The third kappa shape index (κ3) is 1.15. The zero-order valence-electron chi connectivity index (χ0n) is 6.86. The van der Waals surface area contributed by atoms with E-state index < -0.39 is 11.7 Å². The van der Waals surface area contributed by atoms with Crippen molar-refractivity contribution in [2.45, 2.75) is 6.54 Å². The van der Waals surface area contributed by atoms with Crippen molar-refractivity contribution < 1.29 is 14.6 Å². The van der Waals surface area contributed by atoms with Crippen molar-refractivity contribution in [2.24, 2.45) is 0 Å². The number of carbonyl (C=O) groups is 1. The Labute approximate surface area is 82.7 Å². The highest BCUT2D eigenvalue weighted by atomic mass is 35.5. The third-order valence-electron chi connectivity index (χ3n) is 1.86. The highest BCUT2D eigenvalue weighted by Gasteiger charge is 2.26. The fraction of sp³-hybridized carbons (Fsp3) is 0.286. The van der Waals surface area contributed by atoms with Crippen molar-refractivity contribution in [3.63, 3.8) is 0 Å². The van der Waals surface area contributed by atoms with E-state index in [1.54, 1.807) is 0 Å². The Morgan fingerprint density at radius 2 is 2.36 bits per heavy atom. The van der Waals surface area contributed by atoms with Crippen LogP contribution in [0.5, 0.6) is 5.88 Å². The van der Waals surface area contributed by atoms with Gasteiger partial charge in [-0.1, -0.05) is 11.6 Å². The summed E-state index contributed by atoms with van der Waals surface area (Å²) in [5, 5.41) is 8.46. The van der Waals surface area contributed by atoms with Crippen LogP contribution in [-0.4, -0.2) is 27.2 Å². The van der Waals surface area contributed by atoms with Crippen LogP contribution < -0.4 is 10.4 Å². The number of aromatic nitrogens is 2. The van der Waals surface area contributed by atoms with Gasteiger partial charge in [-0.2, -0.15) is 4.98 Å². The van der Waals surface area contributed by atoms with E-state index in [1.165, 1.54) is 0 Å². The third-order valence-corrected chi connectivity index (χ3v) is 2.13. The van der Waals surface area contributed by atoms with E-state index in [2.05, 4.69) is 4.98 Å². The summed E-state index contributed by atoms with van der Waals surface area (Å²) in [5.41, 5.74) is -0.851. The number of rotatable bonds is 1. The molecule has 74 valence electrons. The van der Waals surface area contributed by atoms with Gasteiger partial charge in [0, 0.05) is 0 Å². The van der Waals surface area contributed by atoms with Crippen LogP contribution in [-0.2, 0) is 6.54 Å². The van der Waals surface area contributed by atoms with E-state index in [4.69, 9.17) is 21.4 Å². The molecule has 1 aliphatic rings. The lowest BCUT2D eigenvalue weighted by molar-refractivity contribution is 0.0692. The minimum atomic E-state index is -1.26. The normalized spacial score (nSPS) is 13.5. The van der Waals surface area contributed by atoms with Crippen molar-refractivity contribution in [1.82, 2.24) is 9.55 Å². The van der Waals surface area contributed by atoms with Crippen LogP contribution in [0.2, 0.25) is 5.15 Å². The molecule has 0 aromatic carbocycles. The van der Waals surface area contributed by atoms with Crippen molar-refractivity contribution >= 4 is 17.6 Å². The number of ether oxygens (including phenoxy) is 1. The number of nitrogens with zero attached hydrogens (tertiary/aromatic N) is 2. The van der Waals surface area contributed by atoms with E-state index >= 15 is 0 Å². The molecule has 1 aliphatic heterocycles. The van der Waals surface area contributed by atoms with E-state index in [9.17, 15) is 9.59 Å². The Balaban J connectivity index is 2.78. The number of hydrogen-bond donors (Lipinski definition) is 1. The molecule has 0 amide bonds. The van der Waals surface area contributed by atoms with Gasteiger partial charge >= 0.3 is 11.7 Å². The van der Waals surface area contributed by atoms with Gasteiger partial charge < -0.3 is 9.84 Å². The summed E-state index contributed by atoms with van der Waals surface area (Å²) in [7, 11) is 0. The predicted molar refractivity (Wildman–Crippen MR) is 46.0 cm³/mol. The van der Waals surface area contributed by atoms with Gasteiger partial charge in [0.15, 0.2) is 10.7 Å². The number of aromatic carboxylic acids is 1. The molecule has 0 aliphatic carbocycles. The fourth-order valence-electron chi connectivity index (χ4n) is 1.27. The predicted octanol–water partition coefficient (Wildman–Crippen LogP) is -0.0127. The maximum atomic E-state index is 11.2. The first-order valence-corrected chi connectivity index (χ1v) is 4.15. The minimum absolute atomic E-state index is 0.0116. The lowest BCUT2D eigenvalue weighted by Crippen LogP contribution is -2.23. The lowest BCUT2D eigenvalue weighted by Gasteiger charge is -2.04. The average molecular weight is 217 g/mol. The Morgan fingerprint density at radius 3 is 3.00 bits per heavy atom. The van der Waals surface area contributed by atoms with Gasteiger partial charge in [0.2, 0.25) is 5.88 Å². The maximum absolute atomic E-state index is 11.2. The largest absolute Gasteiger partial charge is 0.477 e. The van der Waals surface area contributed by atoms with E-state index in [0.717, 1.165) is 4.57 Å². The number of carboxylic acids is 1. The summed E-state index contributed by atoms with van der Waals surface area (Å²) in [6.45, 7) is 0.566. The second-order valence-corrected chi connectivity index (χ2v) is 3.03. The first kappa shape index (κ1) is 9.01. The van der Waals surface area contributed by atoms with Crippen molar-refractivity contribution in [3.8, 4) is 5.88 Å². The van der Waals surface area contributed by atoms with E-state index in [1.807, 2.05) is 0 Å². The van der Waals surface area contributed by atoms with Gasteiger partial charge in [0.05, 0.1) is 6.54 Å². The zero-order valence-corrected chi connectivity index (χ0v) is 7.61. The number of halogens is 1. The van der Waals surface area contributed by atoms with E-state index in [-0.39, 0.29) is 23.2 Å². The summed E-state index contributed by atoms with van der Waals surface area (Å²) < 4.78 is 6.16. The molecular formula is C7H5ClN2O4. The van der Waals surface area contributed by atoms with Gasteiger partial charge in [-0.05, 0) is 0 Å². The van der Waals surface area contributed by atoms with Gasteiger partial charge in [-0.3, -0.25) is 4.57 Å². The number of fused-ring (bicyclic) bond motifs is 1. The molecule has 0 atom stereocenters. The topological polar surface area (TPSA) is 81.4 Å². The standard InChI is InChI=1S/C7H5ClN2O4/c8-4-3(6(11)12)5-10(1-2-14-5)7(13)9-4/h1-2H2,(H,11,12). The Hall–Kier alpha value is -1.56. The monoisotopic (exact) mass is 216 g/mol. The molecule has 7 heteroatoms. The highest BCUT2D eigenvalue weighted by Crippen LogP contribution is 2.25. The summed E-state index contributed by atoms with van der Waals surface area (Å²) in [6, 6.07) is 0. The first-order valence-electron chi connectivity index (χ1n) is 3.77. The Bertz CT molecular complexity index is 467. The quantitative estimate of drug-likeness (QED) is 0.668. The number of carboxylic acid groups (broad SMARTS) is 1. The van der Waals surface area contributed by atoms with Crippen LogP contribution in [0.15, 0.2) is 4.79 Å². The molecule has 2 heterocycles. The molecule has 0 radical (unpaired) electrons. The molecule has 1 N–H and O–H groups in total. The molecule has 0 unspecified atom stereocenters. The Morgan fingerprint density at radius 1 is 1.64 bits per heavy atom. The molecule has 0 fully saturated rings. The van der Waals surface area contributed by atoms with Gasteiger partial charge in [-0.25, -0.2) is 9.59 Å². The molecule has 2 rings (SSSR count). The van der Waals surface area contributed by atoms with Crippen LogP contribution in [0, 0.1) is 0 Å². The lowest BCUT2D eigenvalue weighted by atomic mass is 10.3. The smallest absolute Gasteiger partial charge is 0.351 e. The summed E-state index contributed by atoms with van der Waals surface area (Å²) in [4.78, 5) is 25.4. The SMILES string of the molecule is O=C(O)c1c(Cl)nc(=O)n2c1OCC2. The molecular weight excluding hydrogens is 212 g/mol. The van der Waals surface area contributed by atoms with Gasteiger partial charge in [-0.15, -0.1) is 0 Å². The second-order valence-electron chi connectivity index (χ2n) is 2.67. The minimum Gasteiger partial charge on any atom is -0.477 e. The summed E-state index contributed by atoms with van der Waals surface area (Å²) in [6.07, 6.45) is 0. The molecule has 6 nitrogen and oxygen atoms in total. The van der Waals surface area contributed by atoms with Gasteiger partial charge in [0.25, 0.3) is 0 Å². The van der Waals surface area contributed by atoms with Crippen LogP contribution in [0.25, 0.3) is 0 Å². The average Bonchev–Trinajstić information content (AvgIpc) is 2.51. The highest BCUT2D eigenvalue weighted by molar-refractivity contribution is 6.32. The molecule has 14 heavy (non-hydrogen) atoms. The van der Waals surface area contributed by atoms with Crippen LogP contribution in [0.3, 0.4) is 0 Å². The molecule has 1 aromatic heterocycles. The van der Waals surface area contributed by atoms with Gasteiger partial charge in [0.1, 0.15) is 6.61 Å². The molecule has 0 saturated carbocycles. The molecule has 0 spiro atoms. The van der Waals surface area contributed by atoms with Crippen molar-refractivity contribution in [3.05, 3.63) is 21.2 Å². The number of hydrogen-bond acceptors (Lipinski definition) is 4. The summed E-state index contributed by atoms with van der Waals surface area (Å²) in [5.74, 6) is -1.27. The molecule has 1 aromatic rings. The van der Waals surface area contributed by atoms with E-state index in [0.29, 0.717) is 6.54 Å². The van der Waals surface area contributed by atoms with Crippen LogP contribution >= 0.6 is 11.6 Å². The Kier molecular flexibility index (Phi) is 1.92. The zero-order chi connectivity index (χ0) is 10.3. The molecule has 0 bridgehead atoms. The molecule has 0 saturated heterocycles. The van der Waals surface area contributed by atoms with Crippen molar-refractivity contribution in [1.29, 1.82) is 0 Å². The van der Waals surface area contributed by atoms with Crippen LogP contribution in [0.1, 0.15) is 10.4 Å². The fourth-order valence-corrected chi connectivity index (χ4v) is 1.50.